The van der Waals surface area contributed by atoms with Crippen molar-refractivity contribution in [1.29, 1.82) is 5.26 Å². The molecule has 0 aliphatic carbocycles. The van der Waals surface area contributed by atoms with Crippen molar-refractivity contribution in [3.63, 3.8) is 0 Å². The van der Waals surface area contributed by atoms with E-state index in [1.807, 2.05) is 32.0 Å². The van der Waals surface area contributed by atoms with E-state index >= 15 is 4.39 Å². The predicted molar refractivity (Wildman–Crippen MR) is 149 cm³/mol. The molecule has 10 nitrogen and oxygen atoms in total. The van der Waals surface area contributed by atoms with Crippen molar-refractivity contribution in [3.05, 3.63) is 71.4 Å². The normalized spacial score (nSPS) is 14.9. The summed E-state index contributed by atoms with van der Waals surface area (Å²) in [6, 6.07) is 9.41. The molecule has 0 bridgehead atoms. The van der Waals surface area contributed by atoms with Gasteiger partial charge in [-0.2, -0.15) is 5.26 Å². The fourth-order valence-corrected chi connectivity index (χ4v) is 6.43. The van der Waals surface area contributed by atoms with Crippen LogP contribution in [0.3, 0.4) is 0 Å². The molecule has 206 valence electrons. The molecule has 0 aromatic carbocycles. The first kappa shape index (κ1) is 27.7. The third-order valence-corrected chi connectivity index (χ3v) is 8.83. The standard InChI is InChI=1S/C27H27FN8O2S2/c1-17-3-8-30-21(13-17)34-26-32-15-22(40-26)39-19-4-9-31-24(23(19)28)25(37)33-16-27(20-14-18(2)38-35-20)5-10-36(11-6-27)12-7-29/h3-4,8-9,13-15H,5-6,10-12,16H2,1-2H3,(H,33,37)(H,30,32,34). The van der Waals surface area contributed by atoms with Crippen LogP contribution in [-0.2, 0) is 5.41 Å². The number of carbonyl (C=O) groups excluding carboxylic acids is 1. The summed E-state index contributed by atoms with van der Waals surface area (Å²) in [4.78, 5) is 28.1. The van der Waals surface area contributed by atoms with Gasteiger partial charge in [-0.05, 0) is 50.5 Å². The highest BCUT2D eigenvalue weighted by molar-refractivity contribution is 8.01. The molecule has 40 heavy (non-hydrogen) atoms. The first-order chi connectivity index (χ1) is 19.3. The monoisotopic (exact) mass is 578 g/mol. The maximum Gasteiger partial charge on any atom is 0.273 e. The van der Waals surface area contributed by atoms with Gasteiger partial charge in [0.25, 0.3) is 5.91 Å². The van der Waals surface area contributed by atoms with Crippen LogP contribution in [0.2, 0.25) is 0 Å². The molecule has 4 aromatic rings. The highest BCUT2D eigenvalue weighted by atomic mass is 32.2. The number of nitrogens with zero attached hydrogens (tertiary/aromatic N) is 6. The zero-order chi connectivity index (χ0) is 28.1. The van der Waals surface area contributed by atoms with Gasteiger partial charge in [0.1, 0.15) is 11.6 Å². The number of piperidine rings is 1. The average molecular weight is 579 g/mol. The van der Waals surface area contributed by atoms with Crippen LogP contribution in [0.25, 0.3) is 0 Å². The fourth-order valence-electron chi connectivity index (χ4n) is 4.56. The Balaban J connectivity index is 1.27. The van der Waals surface area contributed by atoms with Gasteiger partial charge in [-0.25, -0.2) is 19.3 Å². The van der Waals surface area contributed by atoms with Crippen molar-refractivity contribution in [2.45, 2.75) is 41.2 Å². The average Bonchev–Trinajstić information content (AvgIpc) is 3.58. The van der Waals surface area contributed by atoms with Crippen molar-refractivity contribution in [2.75, 3.05) is 31.5 Å². The van der Waals surface area contributed by atoms with Crippen LogP contribution in [0, 0.1) is 31.0 Å². The third kappa shape index (κ3) is 6.30. The molecule has 2 N–H and O–H groups in total. The molecular weight excluding hydrogens is 551 g/mol. The molecule has 1 amide bonds. The number of aromatic nitrogens is 4. The second-order valence-corrected chi connectivity index (χ2v) is 12.0. The Morgan fingerprint density at radius 1 is 1.23 bits per heavy atom. The Morgan fingerprint density at radius 3 is 2.75 bits per heavy atom. The first-order valence-electron chi connectivity index (χ1n) is 12.6. The molecule has 1 saturated heterocycles. The summed E-state index contributed by atoms with van der Waals surface area (Å²) < 4.78 is 21.6. The van der Waals surface area contributed by atoms with Crippen molar-refractivity contribution in [1.82, 2.24) is 30.3 Å². The molecule has 0 saturated carbocycles. The van der Waals surface area contributed by atoms with Crippen molar-refractivity contribution in [3.8, 4) is 6.07 Å². The Labute approximate surface area is 239 Å². The number of carbonyl (C=O) groups is 1. The van der Waals surface area contributed by atoms with E-state index in [9.17, 15) is 4.79 Å². The number of nitrogens with one attached hydrogen (secondary N) is 2. The van der Waals surface area contributed by atoms with Gasteiger partial charge in [-0.1, -0.05) is 28.3 Å². The third-order valence-electron chi connectivity index (χ3n) is 6.78. The quantitative estimate of drug-likeness (QED) is 0.265. The molecule has 0 unspecified atom stereocenters. The summed E-state index contributed by atoms with van der Waals surface area (Å²) in [5.41, 5.74) is 1.06. The molecule has 1 aliphatic heterocycles. The lowest BCUT2D eigenvalue weighted by Crippen LogP contribution is -2.49. The number of nitriles is 1. The van der Waals surface area contributed by atoms with Gasteiger partial charge in [0.05, 0.1) is 33.6 Å². The van der Waals surface area contributed by atoms with Crippen LogP contribution < -0.4 is 10.6 Å². The minimum atomic E-state index is -0.691. The zero-order valence-corrected chi connectivity index (χ0v) is 23.6. The summed E-state index contributed by atoms with van der Waals surface area (Å²) in [6.07, 6.45) is 6.13. The Morgan fingerprint density at radius 2 is 2.02 bits per heavy atom. The summed E-state index contributed by atoms with van der Waals surface area (Å²) in [7, 11) is 0. The number of hydrogen-bond acceptors (Lipinski definition) is 11. The molecule has 5 heterocycles. The van der Waals surface area contributed by atoms with Gasteiger partial charge in [-0.15, -0.1) is 0 Å². The Kier molecular flexibility index (Phi) is 8.39. The SMILES string of the molecule is Cc1ccnc(Nc2ncc(Sc3ccnc(C(=O)NCC4(c5cc(C)on5)CCN(CC#N)CC4)c3F)s2)c1. The van der Waals surface area contributed by atoms with Crippen LogP contribution in [0.1, 0.15) is 40.3 Å². The summed E-state index contributed by atoms with van der Waals surface area (Å²) in [6.45, 7) is 5.75. The van der Waals surface area contributed by atoms with E-state index in [4.69, 9.17) is 9.78 Å². The number of pyridine rings is 2. The second-order valence-electron chi connectivity index (χ2n) is 9.62. The summed E-state index contributed by atoms with van der Waals surface area (Å²) in [5.74, 6) is 0.0583. The van der Waals surface area contributed by atoms with Gasteiger partial charge in [0.2, 0.25) is 0 Å². The maximum absolute atomic E-state index is 15.5. The van der Waals surface area contributed by atoms with Gasteiger partial charge < -0.3 is 15.2 Å². The van der Waals surface area contributed by atoms with E-state index < -0.39 is 17.1 Å². The number of halogens is 1. The lowest BCUT2D eigenvalue weighted by atomic mass is 9.75. The summed E-state index contributed by atoms with van der Waals surface area (Å²) >= 11 is 2.53. The fraction of sp³-hybridized carbons (Fsp3) is 0.333. The highest BCUT2D eigenvalue weighted by Crippen LogP contribution is 2.37. The summed E-state index contributed by atoms with van der Waals surface area (Å²) in [5, 5.41) is 20.0. The van der Waals surface area contributed by atoms with Crippen LogP contribution in [0.4, 0.5) is 15.3 Å². The second kappa shape index (κ2) is 12.1. The van der Waals surface area contributed by atoms with E-state index in [0.717, 1.165) is 15.5 Å². The molecule has 1 fully saturated rings. The Bertz CT molecular complexity index is 1540. The van der Waals surface area contributed by atoms with E-state index in [-0.39, 0.29) is 17.1 Å². The van der Waals surface area contributed by atoms with Gasteiger partial charge in [-0.3, -0.25) is 9.69 Å². The lowest BCUT2D eigenvalue weighted by Gasteiger charge is -2.39. The topological polar surface area (TPSA) is 133 Å². The van der Waals surface area contributed by atoms with Crippen LogP contribution in [0.5, 0.6) is 0 Å². The number of thiazole rings is 1. The number of anilines is 2. The Hall–Kier alpha value is -3.86. The first-order valence-corrected chi connectivity index (χ1v) is 14.3. The lowest BCUT2D eigenvalue weighted by molar-refractivity contribution is 0.0912. The largest absolute Gasteiger partial charge is 0.361 e. The van der Waals surface area contributed by atoms with E-state index in [1.54, 1.807) is 12.4 Å². The molecule has 0 radical (unpaired) electrons. The van der Waals surface area contributed by atoms with E-state index in [2.05, 4.69) is 41.7 Å². The smallest absolute Gasteiger partial charge is 0.273 e. The van der Waals surface area contributed by atoms with Crippen LogP contribution in [-0.4, -0.2) is 57.1 Å². The van der Waals surface area contributed by atoms with Gasteiger partial charge in [0.15, 0.2) is 16.6 Å². The number of likely N-dealkylation sites (tertiary alicyclic amines) is 1. The van der Waals surface area contributed by atoms with E-state index in [1.165, 1.54) is 35.4 Å². The zero-order valence-electron chi connectivity index (χ0n) is 22.0. The predicted octanol–water partition coefficient (Wildman–Crippen LogP) is 4.86. The molecule has 4 aromatic heterocycles. The molecule has 13 heteroatoms. The molecular formula is C27H27FN8O2S2. The molecule has 0 spiro atoms. The molecule has 1 aliphatic rings. The number of rotatable bonds is 9. The van der Waals surface area contributed by atoms with E-state index in [0.29, 0.717) is 49.2 Å². The van der Waals surface area contributed by atoms with Crippen molar-refractivity contribution < 1.29 is 13.7 Å². The van der Waals surface area contributed by atoms with Gasteiger partial charge in [0, 0.05) is 43.5 Å². The maximum atomic E-state index is 15.5. The number of aryl methyl sites for hydroxylation is 2. The number of hydrogen-bond donors (Lipinski definition) is 2. The molecule has 5 rings (SSSR count). The number of amides is 1. The highest BCUT2D eigenvalue weighted by Gasteiger charge is 2.39. The molecule has 0 atom stereocenters. The van der Waals surface area contributed by atoms with Crippen LogP contribution in [0.15, 0.2) is 56.5 Å². The van der Waals surface area contributed by atoms with Crippen molar-refractivity contribution >= 4 is 40.0 Å². The van der Waals surface area contributed by atoms with Crippen molar-refractivity contribution in [2.24, 2.45) is 0 Å². The minimum Gasteiger partial charge on any atom is -0.361 e. The van der Waals surface area contributed by atoms with Crippen LogP contribution >= 0.6 is 23.1 Å². The minimum absolute atomic E-state index is 0.244. The van der Waals surface area contributed by atoms with Gasteiger partial charge >= 0.3 is 0 Å².